The molecule has 0 bridgehead atoms. The zero-order chi connectivity index (χ0) is 16.8. The Morgan fingerprint density at radius 3 is 2.78 bits per heavy atom. The third kappa shape index (κ3) is 2.36. The molecule has 1 aliphatic heterocycles. The Labute approximate surface area is 133 Å². The summed E-state index contributed by atoms with van der Waals surface area (Å²) < 4.78 is 0. The van der Waals surface area contributed by atoms with E-state index in [9.17, 15) is 24.8 Å². The van der Waals surface area contributed by atoms with Gasteiger partial charge >= 0.3 is 5.97 Å². The SMILES string of the molecule is Cc1ccc([N+](=O)[O-])cc1C(=O)N1C[C@@H]2CCC[C@@]2(C(=O)O)C1. The van der Waals surface area contributed by atoms with Gasteiger partial charge in [0, 0.05) is 30.8 Å². The monoisotopic (exact) mass is 318 g/mol. The second-order valence-corrected chi connectivity index (χ2v) is 6.49. The lowest BCUT2D eigenvalue weighted by molar-refractivity contribution is -0.384. The highest BCUT2D eigenvalue weighted by atomic mass is 16.6. The number of amides is 1. The number of nitro benzene ring substituents is 1. The van der Waals surface area contributed by atoms with Crippen LogP contribution in [0.2, 0.25) is 0 Å². The van der Waals surface area contributed by atoms with Gasteiger partial charge in [0.25, 0.3) is 11.6 Å². The summed E-state index contributed by atoms with van der Waals surface area (Å²) in [5.41, 5.74) is -0.0439. The molecule has 1 heterocycles. The average Bonchev–Trinajstić information content (AvgIpc) is 3.04. The van der Waals surface area contributed by atoms with Gasteiger partial charge in [-0.25, -0.2) is 0 Å². The molecule has 23 heavy (non-hydrogen) atoms. The summed E-state index contributed by atoms with van der Waals surface area (Å²) in [7, 11) is 0. The summed E-state index contributed by atoms with van der Waals surface area (Å²) in [6, 6.07) is 4.19. The molecule has 1 aromatic carbocycles. The van der Waals surface area contributed by atoms with E-state index in [1.165, 1.54) is 12.1 Å². The van der Waals surface area contributed by atoms with Gasteiger partial charge in [0.15, 0.2) is 0 Å². The van der Waals surface area contributed by atoms with Crippen molar-refractivity contribution in [2.24, 2.45) is 11.3 Å². The minimum Gasteiger partial charge on any atom is -0.481 e. The quantitative estimate of drug-likeness (QED) is 0.680. The van der Waals surface area contributed by atoms with Crippen LogP contribution in [0.15, 0.2) is 18.2 Å². The van der Waals surface area contributed by atoms with Crippen molar-refractivity contribution in [3.63, 3.8) is 0 Å². The topological polar surface area (TPSA) is 101 Å². The molecule has 1 aliphatic carbocycles. The van der Waals surface area contributed by atoms with Gasteiger partial charge in [0.1, 0.15) is 0 Å². The van der Waals surface area contributed by atoms with E-state index in [2.05, 4.69) is 0 Å². The molecule has 7 nitrogen and oxygen atoms in total. The predicted molar refractivity (Wildman–Crippen MR) is 81.1 cm³/mol. The molecule has 1 aromatic rings. The molecule has 2 fully saturated rings. The molecule has 1 amide bonds. The number of carbonyl (C=O) groups excluding carboxylic acids is 1. The molecule has 1 saturated heterocycles. The van der Waals surface area contributed by atoms with Crippen molar-refractivity contribution in [2.45, 2.75) is 26.2 Å². The van der Waals surface area contributed by atoms with E-state index in [4.69, 9.17) is 0 Å². The molecule has 1 N–H and O–H groups in total. The second-order valence-electron chi connectivity index (χ2n) is 6.49. The Kier molecular flexibility index (Phi) is 3.58. The summed E-state index contributed by atoms with van der Waals surface area (Å²) in [4.78, 5) is 36.4. The minimum atomic E-state index is -0.843. The smallest absolute Gasteiger partial charge is 0.311 e. The van der Waals surface area contributed by atoms with Crippen LogP contribution in [0.25, 0.3) is 0 Å². The zero-order valence-electron chi connectivity index (χ0n) is 12.8. The van der Waals surface area contributed by atoms with Crippen LogP contribution in [-0.4, -0.2) is 39.9 Å². The molecule has 0 radical (unpaired) electrons. The lowest BCUT2D eigenvalue weighted by atomic mass is 9.81. The number of carboxylic acid groups (broad SMARTS) is 1. The van der Waals surface area contributed by atoms with E-state index < -0.39 is 16.3 Å². The first-order valence-corrected chi connectivity index (χ1v) is 7.63. The van der Waals surface area contributed by atoms with Gasteiger partial charge in [0.2, 0.25) is 0 Å². The van der Waals surface area contributed by atoms with Crippen LogP contribution in [0.1, 0.15) is 35.2 Å². The Hall–Kier alpha value is -2.44. The highest BCUT2D eigenvalue weighted by Gasteiger charge is 2.55. The number of carboxylic acids is 1. The molecular weight excluding hydrogens is 300 g/mol. The highest BCUT2D eigenvalue weighted by Crippen LogP contribution is 2.49. The molecule has 7 heteroatoms. The Bertz CT molecular complexity index is 702. The van der Waals surface area contributed by atoms with Gasteiger partial charge in [0.05, 0.1) is 10.3 Å². The van der Waals surface area contributed by atoms with Crippen LogP contribution in [-0.2, 0) is 4.79 Å². The van der Waals surface area contributed by atoms with E-state index in [1.54, 1.807) is 17.9 Å². The second kappa shape index (κ2) is 5.33. The van der Waals surface area contributed by atoms with Crippen LogP contribution < -0.4 is 0 Å². The number of aliphatic carboxylic acids is 1. The van der Waals surface area contributed by atoms with Crippen LogP contribution in [0.5, 0.6) is 0 Å². The molecule has 2 aliphatic rings. The fourth-order valence-electron chi connectivity index (χ4n) is 3.92. The van der Waals surface area contributed by atoms with Crippen molar-refractivity contribution in [1.82, 2.24) is 4.90 Å². The van der Waals surface area contributed by atoms with Crippen molar-refractivity contribution in [3.05, 3.63) is 39.4 Å². The summed E-state index contributed by atoms with van der Waals surface area (Å²) in [5, 5.41) is 20.5. The average molecular weight is 318 g/mol. The number of aryl methyl sites for hydroxylation is 1. The first kappa shape index (κ1) is 15.5. The molecule has 0 spiro atoms. The zero-order valence-corrected chi connectivity index (χ0v) is 12.8. The first-order valence-electron chi connectivity index (χ1n) is 7.63. The number of nitrogens with zero attached hydrogens (tertiary/aromatic N) is 2. The number of non-ortho nitro benzene ring substituents is 1. The Morgan fingerprint density at radius 2 is 2.17 bits per heavy atom. The van der Waals surface area contributed by atoms with Gasteiger partial charge < -0.3 is 10.0 Å². The number of rotatable bonds is 3. The van der Waals surface area contributed by atoms with Crippen LogP contribution >= 0.6 is 0 Å². The molecule has 2 atom stereocenters. The van der Waals surface area contributed by atoms with Gasteiger partial charge in [-0.05, 0) is 31.2 Å². The van der Waals surface area contributed by atoms with Crippen LogP contribution in [0.4, 0.5) is 5.69 Å². The fourth-order valence-corrected chi connectivity index (χ4v) is 3.92. The number of hydrogen-bond donors (Lipinski definition) is 1. The number of likely N-dealkylation sites (tertiary alicyclic amines) is 1. The minimum absolute atomic E-state index is 0.0250. The summed E-state index contributed by atoms with van der Waals surface area (Å²) >= 11 is 0. The van der Waals surface area contributed by atoms with Crippen LogP contribution in [0, 0.1) is 28.4 Å². The van der Waals surface area contributed by atoms with E-state index in [1.807, 2.05) is 0 Å². The van der Waals surface area contributed by atoms with Crippen molar-refractivity contribution in [1.29, 1.82) is 0 Å². The lowest BCUT2D eigenvalue weighted by Crippen LogP contribution is -2.37. The van der Waals surface area contributed by atoms with E-state index >= 15 is 0 Å². The van der Waals surface area contributed by atoms with Crippen molar-refractivity contribution >= 4 is 17.6 Å². The number of hydrogen-bond acceptors (Lipinski definition) is 4. The van der Waals surface area contributed by atoms with Gasteiger partial charge in [-0.1, -0.05) is 12.5 Å². The summed E-state index contributed by atoms with van der Waals surface area (Å²) in [5.74, 6) is -1.18. The molecule has 1 saturated carbocycles. The fraction of sp³-hybridized carbons (Fsp3) is 0.500. The molecular formula is C16H18N2O5. The number of fused-ring (bicyclic) bond motifs is 1. The molecule has 0 unspecified atom stereocenters. The van der Waals surface area contributed by atoms with E-state index in [-0.39, 0.29) is 29.6 Å². The van der Waals surface area contributed by atoms with Crippen LogP contribution in [0.3, 0.4) is 0 Å². The van der Waals surface area contributed by atoms with Gasteiger partial charge in [-0.2, -0.15) is 0 Å². The molecule has 122 valence electrons. The molecule has 0 aromatic heterocycles. The van der Waals surface area contributed by atoms with Crippen molar-refractivity contribution in [3.8, 4) is 0 Å². The van der Waals surface area contributed by atoms with E-state index in [0.717, 1.165) is 12.8 Å². The normalized spacial score (nSPS) is 26.1. The number of nitro groups is 1. The number of benzene rings is 1. The Balaban J connectivity index is 1.89. The predicted octanol–water partition coefficient (Wildman–Crippen LogP) is 2.23. The lowest BCUT2D eigenvalue weighted by Gasteiger charge is -2.23. The van der Waals surface area contributed by atoms with Crippen molar-refractivity contribution in [2.75, 3.05) is 13.1 Å². The van der Waals surface area contributed by atoms with E-state index in [0.29, 0.717) is 18.5 Å². The first-order chi connectivity index (χ1) is 10.8. The third-order valence-electron chi connectivity index (χ3n) is 5.25. The maximum atomic E-state index is 12.7. The largest absolute Gasteiger partial charge is 0.481 e. The third-order valence-corrected chi connectivity index (χ3v) is 5.25. The summed E-state index contributed by atoms with van der Waals surface area (Å²) in [6.45, 7) is 2.32. The van der Waals surface area contributed by atoms with Gasteiger partial charge in [-0.15, -0.1) is 0 Å². The number of carbonyl (C=O) groups is 2. The molecule has 3 rings (SSSR count). The van der Waals surface area contributed by atoms with Crippen molar-refractivity contribution < 1.29 is 19.6 Å². The van der Waals surface area contributed by atoms with Gasteiger partial charge in [-0.3, -0.25) is 19.7 Å². The summed E-state index contributed by atoms with van der Waals surface area (Å²) in [6.07, 6.45) is 2.27. The Morgan fingerprint density at radius 1 is 1.43 bits per heavy atom. The highest BCUT2D eigenvalue weighted by molar-refractivity contribution is 5.97. The maximum Gasteiger partial charge on any atom is 0.311 e. The standard InChI is InChI=1S/C16H18N2O5/c1-10-4-5-12(18(22)23)7-13(10)14(19)17-8-11-3-2-6-16(11,9-17)15(20)21/h4-5,7,11H,2-3,6,8-9H2,1H3,(H,20,21)/t11-,16+/m0/s1. The maximum absolute atomic E-state index is 12.7.